The fourth-order valence-corrected chi connectivity index (χ4v) is 7.97. The Labute approximate surface area is 259 Å². The highest BCUT2D eigenvalue weighted by molar-refractivity contribution is 6.43. The first-order chi connectivity index (χ1) is 20.8. The number of ether oxygens (including phenoxy) is 1. The lowest BCUT2D eigenvalue weighted by Gasteiger charge is -2.39. The van der Waals surface area contributed by atoms with Crippen LogP contribution in [0.25, 0.3) is 32.9 Å². The monoisotopic (exact) mass is 616 g/mol. The summed E-state index contributed by atoms with van der Waals surface area (Å²) >= 11 is 12.9. The standard InChI is InChI=1S/C34H31Cl2FN4O2/c1-16-22-15-26(33-23-13-19(14-27(23)43-20-9-10-20)41(33)34(42)17-7-8-17)40-31(22)24-12-18(4-3-11-38)28(30(37)32(24)39-16)21-5-2-6-25(35)29(21)36/h2,5-6,12,15,17,19-20,23,27,33,40H,3-4,7-10,13-14H2,1H3. The van der Waals surface area contributed by atoms with Gasteiger partial charge in [-0.1, -0.05) is 35.3 Å². The average molecular weight is 618 g/mol. The van der Waals surface area contributed by atoms with Crippen molar-refractivity contribution >= 4 is 50.9 Å². The predicted octanol–water partition coefficient (Wildman–Crippen LogP) is 8.21. The van der Waals surface area contributed by atoms with Crippen LogP contribution in [0.5, 0.6) is 0 Å². The molecule has 2 bridgehead atoms. The topological polar surface area (TPSA) is 82.0 Å². The number of nitrogens with zero attached hydrogens (tertiary/aromatic N) is 3. The molecule has 220 valence electrons. The van der Waals surface area contributed by atoms with Crippen LogP contribution in [0.3, 0.4) is 0 Å². The lowest BCUT2D eigenvalue weighted by molar-refractivity contribution is -0.140. The summed E-state index contributed by atoms with van der Waals surface area (Å²) in [7, 11) is 0. The van der Waals surface area contributed by atoms with Crippen molar-refractivity contribution in [1.82, 2.24) is 14.9 Å². The molecule has 4 aromatic rings. The van der Waals surface area contributed by atoms with Gasteiger partial charge < -0.3 is 14.6 Å². The highest BCUT2D eigenvalue weighted by Crippen LogP contribution is 2.54. The Morgan fingerprint density at radius 1 is 1.19 bits per heavy atom. The van der Waals surface area contributed by atoms with Crippen LogP contribution in [-0.4, -0.2) is 39.0 Å². The Kier molecular flexibility index (Phi) is 6.49. The third-order valence-electron chi connectivity index (χ3n) is 9.84. The second-order valence-corrected chi connectivity index (χ2v) is 13.5. The van der Waals surface area contributed by atoms with E-state index in [1.54, 1.807) is 18.2 Å². The first kappa shape index (κ1) is 27.4. The molecule has 0 radical (unpaired) electrons. The van der Waals surface area contributed by atoms with Crippen molar-refractivity contribution in [2.45, 2.75) is 82.6 Å². The van der Waals surface area contributed by atoms with E-state index in [-0.39, 0.29) is 52.9 Å². The van der Waals surface area contributed by atoms with Gasteiger partial charge in [-0.2, -0.15) is 5.26 Å². The number of amides is 1. The number of benzene rings is 2. The van der Waals surface area contributed by atoms with Crippen molar-refractivity contribution in [3.05, 3.63) is 63.1 Å². The lowest BCUT2D eigenvalue weighted by atomic mass is 9.92. The van der Waals surface area contributed by atoms with E-state index in [0.717, 1.165) is 55.1 Å². The number of hydrogen-bond acceptors (Lipinski definition) is 4. The molecule has 3 heterocycles. The molecule has 9 heteroatoms. The molecule has 3 saturated carbocycles. The van der Waals surface area contributed by atoms with Crippen LogP contribution < -0.4 is 0 Å². The molecule has 1 amide bonds. The molecule has 2 aromatic carbocycles. The van der Waals surface area contributed by atoms with Crippen LogP contribution in [0.2, 0.25) is 10.0 Å². The van der Waals surface area contributed by atoms with E-state index in [1.165, 1.54) is 0 Å². The normalized spacial score (nSPS) is 24.8. The minimum absolute atomic E-state index is 0.107. The van der Waals surface area contributed by atoms with Gasteiger partial charge in [-0.25, -0.2) is 9.37 Å². The summed E-state index contributed by atoms with van der Waals surface area (Å²) in [5.74, 6) is 0.125. The molecule has 6 nitrogen and oxygen atoms in total. The van der Waals surface area contributed by atoms with Gasteiger partial charge in [0.2, 0.25) is 5.91 Å². The summed E-state index contributed by atoms with van der Waals surface area (Å²) in [6.45, 7) is 1.89. The Bertz CT molecular complexity index is 1860. The zero-order valence-corrected chi connectivity index (χ0v) is 25.3. The van der Waals surface area contributed by atoms with Gasteiger partial charge in [0, 0.05) is 57.6 Å². The first-order valence-electron chi connectivity index (χ1n) is 15.3. The molecule has 2 aromatic heterocycles. The van der Waals surface area contributed by atoms with E-state index in [4.69, 9.17) is 32.9 Å². The van der Waals surface area contributed by atoms with Crippen molar-refractivity contribution in [1.29, 1.82) is 5.26 Å². The number of nitriles is 1. The first-order valence-corrected chi connectivity index (χ1v) is 16.0. The number of likely N-dealkylation sites (tertiary alicyclic amines) is 1. The smallest absolute Gasteiger partial charge is 0.226 e. The zero-order chi connectivity index (χ0) is 29.6. The van der Waals surface area contributed by atoms with Gasteiger partial charge >= 0.3 is 0 Å². The third kappa shape index (κ3) is 4.44. The number of aromatic nitrogens is 2. The summed E-state index contributed by atoms with van der Waals surface area (Å²) < 4.78 is 23.1. The quantitative estimate of drug-likeness (QED) is 0.227. The SMILES string of the molecule is Cc1nc2c(F)c(-c3cccc(Cl)c3Cl)c(CCC#N)cc2c2[nH]c(C3C4CC(CC4OC4CC4)N3C(=O)C3CC3)cc12. The van der Waals surface area contributed by atoms with E-state index in [9.17, 15) is 10.1 Å². The predicted molar refractivity (Wildman–Crippen MR) is 164 cm³/mol. The average Bonchev–Trinajstić information content (AvgIpc) is 3.89. The van der Waals surface area contributed by atoms with Crippen molar-refractivity contribution in [3.63, 3.8) is 0 Å². The fraction of sp³-hybridized carbons (Fsp3) is 0.441. The summed E-state index contributed by atoms with van der Waals surface area (Å²) in [4.78, 5) is 24.2. The van der Waals surface area contributed by atoms with Gasteiger partial charge in [0.05, 0.1) is 39.9 Å². The summed E-state index contributed by atoms with van der Waals surface area (Å²) in [6, 6.07) is 11.5. The van der Waals surface area contributed by atoms with Gasteiger partial charge in [0.1, 0.15) is 5.52 Å². The minimum Gasteiger partial charge on any atom is -0.375 e. The van der Waals surface area contributed by atoms with Crippen LogP contribution in [0.15, 0.2) is 30.3 Å². The second-order valence-electron chi connectivity index (χ2n) is 12.7. The molecule has 43 heavy (non-hydrogen) atoms. The Balaban J connectivity index is 1.29. The van der Waals surface area contributed by atoms with Crippen molar-refractivity contribution in [2.24, 2.45) is 11.8 Å². The van der Waals surface area contributed by atoms with Crippen LogP contribution in [0.1, 0.15) is 67.9 Å². The van der Waals surface area contributed by atoms with Crippen LogP contribution >= 0.6 is 23.2 Å². The number of fused-ring (bicyclic) bond motifs is 5. The highest BCUT2D eigenvalue weighted by Gasteiger charge is 2.57. The van der Waals surface area contributed by atoms with Gasteiger partial charge in [-0.05, 0) is 75.6 Å². The molecule has 4 unspecified atom stereocenters. The Morgan fingerprint density at radius 3 is 2.74 bits per heavy atom. The zero-order valence-electron chi connectivity index (χ0n) is 23.8. The number of aromatic amines is 1. The number of halogens is 3. The van der Waals surface area contributed by atoms with Gasteiger partial charge in [-0.15, -0.1) is 0 Å². The number of nitrogens with one attached hydrogen (secondary N) is 1. The van der Waals surface area contributed by atoms with Gasteiger partial charge in [-0.3, -0.25) is 4.79 Å². The lowest BCUT2D eigenvalue weighted by Crippen LogP contribution is -2.45. The third-order valence-corrected chi connectivity index (χ3v) is 10.7. The molecule has 8 rings (SSSR count). The number of pyridine rings is 1. The highest BCUT2D eigenvalue weighted by atomic mass is 35.5. The summed E-state index contributed by atoms with van der Waals surface area (Å²) in [5.41, 5.74) is 4.15. The molecule has 4 atom stereocenters. The van der Waals surface area contributed by atoms with Gasteiger partial charge in [0.25, 0.3) is 0 Å². The molecule has 1 aliphatic heterocycles. The largest absolute Gasteiger partial charge is 0.375 e. The van der Waals surface area contributed by atoms with Crippen molar-refractivity contribution in [3.8, 4) is 17.2 Å². The number of aryl methyl sites for hydroxylation is 2. The number of rotatable bonds is 7. The van der Waals surface area contributed by atoms with E-state index < -0.39 is 5.82 Å². The molecule has 3 aliphatic carbocycles. The number of hydrogen-bond donors (Lipinski definition) is 1. The Hall–Kier alpha value is -3.18. The van der Waals surface area contributed by atoms with Crippen LogP contribution in [-0.2, 0) is 16.0 Å². The molecule has 0 spiro atoms. The molecular formula is C34H31Cl2FN4O2. The molecule has 4 fully saturated rings. The van der Waals surface area contributed by atoms with Crippen molar-refractivity contribution in [2.75, 3.05) is 0 Å². The maximum atomic E-state index is 16.6. The summed E-state index contributed by atoms with van der Waals surface area (Å²) in [5, 5.41) is 11.5. The molecule has 1 saturated heterocycles. The van der Waals surface area contributed by atoms with E-state index in [1.807, 2.05) is 13.0 Å². The molecule has 4 aliphatic rings. The van der Waals surface area contributed by atoms with Crippen molar-refractivity contribution < 1.29 is 13.9 Å². The van der Waals surface area contributed by atoms with Gasteiger partial charge in [0.15, 0.2) is 5.82 Å². The van der Waals surface area contributed by atoms with Crippen LogP contribution in [0, 0.1) is 35.9 Å². The maximum absolute atomic E-state index is 16.6. The second kappa shape index (κ2) is 10.2. The number of carbonyl (C=O) groups is 1. The molecular weight excluding hydrogens is 586 g/mol. The van der Waals surface area contributed by atoms with E-state index in [2.05, 4.69) is 22.0 Å². The number of carbonyl (C=O) groups excluding carboxylic acids is 1. The van der Waals surface area contributed by atoms with E-state index in [0.29, 0.717) is 45.3 Å². The summed E-state index contributed by atoms with van der Waals surface area (Å²) in [6.07, 6.45) is 7.09. The minimum atomic E-state index is -0.487. The maximum Gasteiger partial charge on any atom is 0.226 e. The van der Waals surface area contributed by atoms with E-state index >= 15 is 4.39 Å². The molecule has 1 N–H and O–H groups in total. The number of piperidine rings is 1. The van der Waals surface area contributed by atoms with Crippen LogP contribution in [0.4, 0.5) is 4.39 Å². The Morgan fingerprint density at radius 2 is 2.00 bits per heavy atom. The fourth-order valence-electron chi connectivity index (χ4n) is 7.57. The number of H-pyrrole nitrogens is 1.